The van der Waals surface area contributed by atoms with E-state index in [1.165, 1.54) is 0 Å². The lowest BCUT2D eigenvalue weighted by molar-refractivity contribution is 0.195. The molecule has 0 saturated carbocycles. The Kier molecular flexibility index (Phi) is 3.46. The lowest BCUT2D eigenvalue weighted by Crippen LogP contribution is -2.06. The first kappa shape index (κ1) is 10.2. The highest BCUT2D eigenvalue weighted by Crippen LogP contribution is 2.11. The van der Waals surface area contributed by atoms with Gasteiger partial charge in [-0.2, -0.15) is 0 Å². The van der Waals surface area contributed by atoms with Crippen LogP contribution in [0.1, 0.15) is 31.0 Å². The molecule has 2 heteroatoms. The molecule has 0 bridgehead atoms. The molecule has 13 heavy (non-hydrogen) atoms. The molecule has 1 rings (SSSR count). The number of rotatable bonds is 3. The topological polar surface area (TPSA) is 46.2 Å². The quantitative estimate of drug-likeness (QED) is 0.740. The molecule has 1 aromatic rings. The summed E-state index contributed by atoms with van der Waals surface area (Å²) >= 11 is 0. The number of benzene rings is 1. The summed E-state index contributed by atoms with van der Waals surface area (Å²) in [5.41, 5.74) is 8.00. The molecule has 2 nitrogen and oxygen atoms in total. The van der Waals surface area contributed by atoms with Crippen LogP contribution in [0.2, 0.25) is 0 Å². The average Bonchev–Trinajstić information content (AvgIpc) is 2.04. The van der Waals surface area contributed by atoms with Crippen LogP contribution in [-0.2, 0) is 6.42 Å². The van der Waals surface area contributed by atoms with Crippen molar-refractivity contribution in [3.63, 3.8) is 0 Å². The van der Waals surface area contributed by atoms with Crippen molar-refractivity contribution < 1.29 is 5.11 Å². The second kappa shape index (κ2) is 4.40. The lowest BCUT2D eigenvalue weighted by Gasteiger charge is -2.08. The van der Waals surface area contributed by atoms with E-state index in [9.17, 15) is 0 Å². The minimum absolute atomic E-state index is 0.0839. The Labute approximate surface area is 79.4 Å². The summed E-state index contributed by atoms with van der Waals surface area (Å²) in [6.45, 7) is 3.75. The standard InChI is InChI=1S/C11H17NO/c1-8(13)7-10-3-5-11(6-4-10)9(2)12/h3-6,8-9,13H,7,12H2,1-2H3. The van der Waals surface area contributed by atoms with Gasteiger partial charge in [-0.1, -0.05) is 24.3 Å². The Morgan fingerprint density at radius 3 is 2.15 bits per heavy atom. The van der Waals surface area contributed by atoms with Crippen molar-refractivity contribution in [2.75, 3.05) is 0 Å². The van der Waals surface area contributed by atoms with Crippen molar-refractivity contribution in [2.24, 2.45) is 5.73 Å². The predicted molar refractivity (Wildman–Crippen MR) is 54.4 cm³/mol. The Bertz CT molecular complexity index is 251. The monoisotopic (exact) mass is 179 g/mol. The minimum atomic E-state index is -0.277. The zero-order valence-corrected chi connectivity index (χ0v) is 8.20. The molecule has 72 valence electrons. The van der Waals surface area contributed by atoms with Crippen molar-refractivity contribution >= 4 is 0 Å². The summed E-state index contributed by atoms with van der Waals surface area (Å²) in [5, 5.41) is 9.16. The molecule has 1 aromatic carbocycles. The van der Waals surface area contributed by atoms with Gasteiger partial charge in [-0.3, -0.25) is 0 Å². The van der Waals surface area contributed by atoms with Crippen molar-refractivity contribution in [2.45, 2.75) is 32.4 Å². The third-order valence-electron chi connectivity index (χ3n) is 2.04. The Morgan fingerprint density at radius 2 is 1.77 bits per heavy atom. The van der Waals surface area contributed by atoms with E-state index in [2.05, 4.69) is 0 Å². The second-order valence-electron chi connectivity index (χ2n) is 3.58. The van der Waals surface area contributed by atoms with Gasteiger partial charge >= 0.3 is 0 Å². The fraction of sp³-hybridized carbons (Fsp3) is 0.455. The third-order valence-corrected chi connectivity index (χ3v) is 2.04. The smallest absolute Gasteiger partial charge is 0.0552 e. The second-order valence-corrected chi connectivity index (χ2v) is 3.58. The van der Waals surface area contributed by atoms with Gasteiger partial charge in [-0.15, -0.1) is 0 Å². The van der Waals surface area contributed by atoms with Crippen LogP contribution in [0.5, 0.6) is 0 Å². The van der Waals surface area contributed by atoms with Crippen LogP contribution in [0, 0.1) is 0 Å². The Hall–Kier alpha value is -0.860. The van der Waals surface area contributed by atoms with Crippen LogP contribution in [0.4, 0.5) is 0 Å². The fourth-order valence-corrected chi connectivity index (χ4v) is 1.30. The first-order chi connectivity index (χ1) is 6.09. The highest BCUT2D eigenvalue weighted by atomic mass is 16.3. The van der Waals surface area contributed by atoms with Gasteiger partial charge < -0.3 is 10.8 Å². The summed E-state index contributed by atoms with van der Waals surface area (Å²) in [5.74, 6) is 0. The molecule has 2 atom stereocenters. The van der Waals surface area contributed by atoms with Gasteiger partial charge in [-0.25, -0.2) is 0 Å². The van der Waals surface area contributed by atoms with Gasteiger partial charge in [0.25, 0.3) is 0 Å². The van der Waals surface area contributed by atoms with Crippen molar-refractivity contribution in [1.82, 2.24) is 0 Å². The molecule has 0 radical (unpaired) electrons. The number of hydrogen-bond donors (Lipinski definition) is 2. The van der Waals surface area contributed by atoms with Crippen LogP contribution >= 0.6 is 0 Å². The highest BCUT2D eigenvalue weighted by Gasteiger charge is 2.01. The van der Waals surface area contributed by atoms with E-state index < -0.39 is 0 Å². The van der Waals surface area contributed by atoms with Crippen molar-refractivity contribution in [3.05, 3.63) is 35.4 Å². The van der Waals surface area contributed by atoms with Crippen LogP contribution < -0.4 is 5.73 Å². The van der Waals surface area contributed by atoms with E-state index in [1.54, 1.807) is 6.92 Å². The first-order valence-electron chi connectivity index (χ1n) is 4.62. The number of hydrogen-bond acceptors (Lipinski definition) is 2. The number of aliphatic hydroxyl groups excluding tert-OH is 1. The van der Waals surface area contributed by atoms with E-state index in [0.717, 1.165) is 11.1 Å². The van der Waals surface area contributed by atoms with Crippen LogP contribution in [-0.4, -0.2) is 11.2 Å². The molecule has 0 saturated heterocycles. The average molecular weight is 179 g/mol. The molecule has 0 aromatic heterocycles. The Balaban J connectivity index is 2.70. The van der Waals surface area contributed by atoms with Gasteiger partial charge in [0.1, 0.15) is 0 Å². The summed E-state index contributed by atoms with van der Waals surface area (Å²) in [4.78, 5) is 0. The largest absolute Gasteiger partial charge is 0.393 e. The van der Waals surface area contributed by atoms with E-state index in [4.69, 9.17) is 10.8 Å². The zero-order chi connectivity index (χ0) is 9.84. The maximum absolute atomic E-state index is 9.16. The molecule has 0 fully saturated rings. The molecule has 2 unspecified atom stereocenters. The van der Waals surface area contributed by atoms with Gasteiger partial charge in [-0.05, 0) is 31.4 Å². The maximum atomic E-state index is 9.16. The molecule has 0 spiro atoms. The molecule has 0 amide bonds. The summed E-state index contributed by atoms with van der Waals surface area (Å²) < 4.78 is 0. The first-order valence-corrected chi connectivity index (χ1v) is 4.62. The minimum Gasteiger partial charge on any atom is -0.393 e. The molecule has 0 heterocycles. The van der Waals surface area contributed by atoms with Crippen molar-refractivity contribution in [1.29, 1.82) is 0 Å². The van der Waals surface area contributed by atoms with Crippen LogP contribution in [0.3, 0.4) is 0 Å². The molecular weight excluding hydrogens is 162 g/mol. The lowest BCUT2D eigenvalue weighted by atomic mass is 10.0. The Morgan fingerprint density at radius 1 is 1.23 bits per heavy atom. The van der Waals surface area contributed by atoms with Crippen LogP contribution in [0.25, 0.3) is 0 Å². The summed E-state index contributed by atoms with van der Waals surface area (Å²) in [6, 6.07) is 8.15. The van der Waals surface area contributed by atoms with Crippen molar-refractivity contribution in [3.8, 4) is 0 Å². The summed E-state index contributed by atoms with van der Waals surface area (Å²) in [7, 11) is 0. The highest BCUT2D eigenvalue weighted by molar-refractivity contribution is 5.24. The van der Waals surface area contributed by atoms with Gasteiger partial charge in [0.15, 0.2) is 0 Å². The van der Waals surface area contributed by atoms with E-state index in [0.29, 0.717) is 6.42 Å². The normalized spacial score (nSPS) is 15.4. The summed E-state index contributed by atoms with van der Waals surface area (Å²) in [6.07, 6.45) is 0.431. The van der Waals surface area contributed by atoms with Gasteiger partial charge in [0.05, 0.1) is 6.10 Å². The fourth-order valence-electron chi connectivity index (χ4n) is 1.30. The molecule has 3 N–H and O–H groups in total. The molecule has 0 aliphatic heterocycles. The number of aliphatic hydroxyl groups is 1. The third kappa shape index (κ3) is 3.17. The number of nitrogens with two attached hydrogens (primary N) is 1. The van der Waals surface area contributed by atoms with E-state index >= 15 is 0 Å². The van der Waals surface area contributed by atoms with E-state index in [-0.39, 0.29) is 12.1 Å². The van der Waals surface area contributed by atoms with E-state index in [1.807, 2.05) is 31.2 Å². The van der Waals surface area contributed by atoms with Crippen LogP contribution in [0.15, 0.2) is 24.3 Å². The van der Waals surface area contributed by atoms with Gasteiger partial charge in [0, 0.05) is 6.04 Å². The predicted octanol–water partition coefficient (Wildman–Crippen LogP) is 1.63. The molecule has 0 aliphatic carbocycles. The van der Waals surface area contributed by atoms with Gasteiger partial charge in [0.2, 0.25) is 0 Å². The molecular formula is C11H17NO. The zero-order valence-electron chi connectivity index (χ0n) is 8.20. The SMILES string of the molecule is CC(O)Cc1ccc(C(C)N)cc1. The molecule has 0 aliphatic rings. The maximum Gasteiger partial charge on any atom is 0.0552 e.